The lowest BCUT2D eigenvalue weighted by atomic mass is 10.3. The molecule has 2 aromatic heterocycles. The second-order valence-electron chi connectivity index (χ2n) is 4.94. The minimum atomic E-state index is -0.500. The predicted molar refractivity (Wildman–Crippen MR) is 96.5 cm³/mol. The second-order valence-corrected chi connectivity index (χ2v) is 6.76. The zero-order valence-corrected chi connectivity index (χ0v) is 15.2. The molecule has 1 amide bonds. The van der Waals surface area contributed by atoms with Crippen LogP contribution in [0, 0.1) is 10.1 Å². The van der Waals surface area contributed by atoms with Crippen LogP contribution in [0.25, 0.3) is 11.0 Å². The molecule has 1 N–H and O–H groups in total. The number of thioether (sulfide) groups is 1. The van der Waals surface area contributed by atoms with Gasteiger partial charge in [0, 0.05) is 23.7 Å². The number of nitro benzene ring substituents is 1. The van der Waals surface area contributed by atoms with Gasteiger partial charge in [-0.05, 0) is 22.0 Å². The molecule has 0 saturated heterocycles. The van der Waals surface area contributed by atoms with Crippen LogP contribution < -0.4 is 5.32 Å². The first-order valence-electron chi connectivity index (χ1n) is 6.95. The van der Waals surface area contributed by atoms with Gasteiger partial charge in [0.05, 0.1) is 27.9 Å². The minimum Gasteiger partial charge on any atom is -0.324 e. The summed E-state index contributed by atoms with van der Waals surface area (Å²) in [6, 6.07) is 4.15. The third kappa shape index (κ3) is 3.77. The number of anilines is 1. The van der Waals surface area contributed by atoms with E-state index in [2.05, 4.69) is 36.3 Å². The van der Waals surface area contributed by atoms with Crippen LogP contribution in [0.4, 0.5) is 11.4 Å². The number of aryl methyl sites for hydroxylation is 1. The van der Waals surface area contributed by atoms with Crippen LogP contribution in [0.3, 0.4) is 0 Å². The van der Waals surface area contributed by atoms with E-state index in [-0.39, 0.29) is 17.3 Å². The fraction of sp³-hybridized carbons (Fsp3) is 0.143. The van der Waals surface area contributed by atoms with Gasteiger partial charge < -0.3 is 5.32 Å². The van der Waals surface area contributed by atoms with Gasteiger partial charge in [0.2, 0.25) is 5.91 Å². The van der Waals surface area contributed by atoms with E-state index in [9.17, 15) is 14.9 Å². The van der Waals surface area contributed by atoms with Crippen molar-refractivity contribution in [3.63, 3.8) is 0 Å². The summed E-state index contributed by atoms with van der Waals surface area (Å²) < 4.78 is 2.08. The van der Waals surface area contributed by atoms with Gasteiger partial charge in [-0.1, -0.05) is 11.8 Å². The van der Waals surface area contributed by atoms with Crippen molar-refractivity contribution in [2.24, 2.45) is 7.05 Å². The summed E-state index contributed by atoms with van der Waals surface area (Å²) in [5, 5.41) is 19.0. The number of nitro groups is 1. The number of non-ortho nitro benzene ring substituents is 1. The summed E-state index contributed by atoms with van der Waals surface area (Å²) in [5.41, 5.74) is 1.10. The van der Waals surface area contributed by atoms with Crippen LogP contribution in [-0.4, -0.2) is 36.3 Å². The number of rotatable bonds is 5. The van der Waals surface area contributed by atoms with Crippen LogP contribution in [0.1, 0.15) is 0 Å². The van der Waals surface area contributed by atoms with Crippen LogP contribution in [-0.2, 0) is 11.8 Å². The highest BCUT2D eigenvalue weighted by molar-refractivity contribution is 9.10. The smallest absolute Gasteiger partial charge is 0.270 e. The molecule has 11 heteroatoms. The quantitative estimate of drug-likeness (QED) is 0.290. The molecule has 0 aliphatic heterocycles. The van der Waals surface area contributed by atoms with Crippen molar-refractivity contribution in [2.75, 3.05) is 11.1 Å². The van der Waals surface area contributed by atoms with Crippen molar-refractivity contribution < 1.29 is 9.72 Å². The summed E-state index contributed by atoms with van der Waals surface area (Å²) in [4.78, 5) is 30.7. The number of fused-ring (bicyclic) bond motifs is 1. The Kier molecular flexibility index (Phi) is 4.95. The Labute approximate surface area is 154 Å². The minimum absolute atomic E-state index is 0.0563. The summed E-state index contributed by atoms with van der Waals surface area (Å²) in [5.74, 6) is -0.125. The SMILES string of the molecule is Cn1ncc2c(SCC(=O)Nc3ccc([N+](=O)[O-])cc3Br)ncnc21. The zero-order valence-electron chi connectivity index (χ0n) is 12.8. The van der Waals surface area contributed by atoms with Crippen molar-refractivity contribution >= 4 is 56.0 Å². The fourth-order valence-electron chi connectivity index (χ4n) is 2.09. The van der Waals surface area contributed by atoms with Crippen molar-refractivity contribution in [1.29, 1.82) is 0 Å². The zero-order chi connectivity index (χ0) is 18.0. The first-order valence-corrected chi connectivity index (χ1v) is 8.73. The van der Waals surface area contributed by atoms with Crippen LogP contribution in [0.15, 0.2) is 40.2 Å². The normalized spacial score (nSPS) is 10.8. The van der Waals surface area contributed by atoms with Crippen molar-refractivity contribution in [2.45, 2.75) is 5.03 Å². The molecular formula is C14H11BrN6O3S. The van der Waals surface area contributed by atoms with Gasteiger partial charge in [-0.25, -0.2) is 9.97 Å². The van der Waals surface area contributed by atoms with Gasteiger partial charge in [-0.2, -0.15) is 5.10 Å². The Bertz CT molecular complexity index is 976. The van der Waals surface area contributed by atoms with E-state index in [1.807, 2.05) is 0 Å². The second kappa shape index (κ2) is 7.15. The molecule has 25 heavy (non-hydrogen) atoms. The highest BCUT2D eigenvalue weighted by Gasteiger charge is 2.13. The van der Waals surface area contributed by atoms with Gasteiger partial charge in [0.15, 0.2) is 5.65 Å². The molecule has 2 heterocycles. The molecule has 1 aromatic carbocycles. The van der Waals surface area contributed by atoms with Gasteiger partial charge in [0.25, 0.3) is 5.69 Å². The van der Waals surface area contributed by atoms with Crippen LogP contribution in [0.5, 0.6) is 0 Å². The van der Waals surface area contributed by atoms with E-state index in [0.29, 0.717) is 20.8 Å². The van der Waals surface area contributed by atoms with Crippen LogP contribution >= 0.6 is 27.7 Å². The number of nitrogens with zero attached hydrogens (tertiary/aromatic N) is 5. The van der Waals surface area contributed by atoms with Gasteiger partial charge in [-0.3, -0.25) is 19.6 Å². The molecule has 3 rings (SSSR count). The summed E-state index contributed by atoms with van der Waals surface area (Å²) in [7, 11) is 1.78. The van der Waals surface area contributed by atoms with E-state index >= 15 is 0 Å². The highest BCUT2D eigenvalue weighted by Crippen LogP contribution is 2.28. The Hall–Kier alpha value is -2.53. The number of carbonyl (C=O) groups is 1. The monoisotopic (exact) mass is 422 g/mol. The van der Waals surface area contributed by atoms with Gasteiger partial charge >= 0.3 is 0 Å². The number of hydrogen-bond donors (Lipinski definition) is 1. The third-order valence-electron chi connectivity index (χ3n) is 3.27. The van der Waals surface area contributed by atoms with E-state index in [4.69, 9.17) is 0 Å². The number of amides is 1. The first kappa shape index (κ1) is 17.3. The third-order valence-corrected chi connectivity index (χ3v) is 4.93. The van der Waals surface area contributed by atoms with Gasteiger partial charge in [-0.15, -0.1) is 0 Å². The average Bonchev–Trinajstić information content (AvgIpc) is 2.96. The molecule has 0 unspecified atom stereocenters. The number of hydrogen-bond acceptors (Lipinski definition) is 7. The largest absolute Gasteiger partial charge is 0.324 e. The number of nitrogens with one attached hydrogen (secondary N) is 1. The van der Waals surface area contributed by atoms with Crippen molar-refractivity contribution in [3.8, 4) is 0 Å². The molecular weight excluding hydrogens is 412 g/mol. The predicted octanol–water partition coefficient (Wildman–Crippen LogP) is 2.76. The molecule has 128 valence electrons. The molecule has 0 atom stereocenters. The molecule has 3 aromatic rings. The van der Waals surface area contributed by atoms with E-state index in [1.165, 1.54) is 36.3 Å². The lowest BCUT2D eigenvalue weighted by Gasteiger charge is -2.07. The van der Waals surface area contributed by atoms with Crippen molar-refractivity contribution in [1.82, 2.24) is 19.7 Å². The number of halogens is 1. The Morgan fingerprint density at radius 1 is 1.44 bits per heavy atom. The molecule has 0 saturated carbocycles. The lowest BCUT2D eigenvalue weighted by Crippen LogP contribution is -2.14. The Morgan fingerprint density at radius 2 is 2.24 bits per heavy atom. The van der Waals surface area contributed by atoms with Gasteiger partial charge in [0.1, 0.15) is 11.4 Å². The molecule has 0 spiro atoms. The average molecular weight is 423 g/mol. The summed E-state index contributed by atoms with van der Waals surface area (Å²) in [6.45, 7) is 0. The first-order chi connectivity index (χ1) is 12.0. The van der Waals surface area contributed by atoms with Crippen LogP contribution in [0.2, 0.25) is 0 Å². The summed E-state index contributed by atoms with van der Waals surface area (Å²) in [6.07, 6.45) is 3.08. The Balaban J connectivity index is 1.68. The molecule has 0 bridgehead atoms. The molecule has 0 aliphatic carbocycles. The number of aromatic nitrogens is 4. The molecule has 9 nitrogen and oxygen atoms in total. The maximum atomic E-state index is 12.1. The molecule has 0 fully saturated rings. The number of carbonyl (C=O) groups excluding carboxylic acids is 1. The molecule has 0 aliphatic rings. The van der Waals surface area contributed by atoms with E-state index < -0.39 is 4.92 Å². The maximum absolute atomic E-state index is 12.1. The summed E-state index contributed by atoms with van der Waals surface area (Å²) >= 11 is 4.48. The lowest BCUT2D eigenvalue weighted by molar-refractivity contribution is -0.384. The fourth-order valence-corrected chi connectivity index (χ4v) is 3.32. The number of benzene rings is 1. The highest BCUT2D eigenvalue weighted by atomic mass is 79.9. The topological polar surface area (TPSA) is 116 Å². The Morgan fingerprint density at radius 3 is 2.96 bits per heavy atom. The van der Waals surface area contributed by atoms with E-state index in [0.717, 1.165) is 5.39 Å². The maximum Gasteiger partial charge on any atom is 0.270 e. The van der Waals surface area contributed by atoms with Crippen molar-refractivity contribution in [3.05, 3.63) is 45.3 Å². The van der Waals surface area contributed by atoms with E-state index in [1.54, 1.807) is 17.9 Å². The standard InChI is InChI=1S/C14H11BrN6O3S/c1-20-13-9(5-18-20)14(17-7-16-13)25-6-12(22)19-11-3-2-8(21(23)24)4-10(11)15/h2-5,7H,6H2,1H3,(H,19,22). The molecule has 0 radical (unpaired) electrons.